The summed E-state index contributed by atoms with van der Waals surface area (Å²) < 4.78 is 12.8. The van der Waals surface area contributed by atoms with E-state index in [0.717, 1.165) is 5.56 Å². The Morgan fingerprint density at radius 1 is 1.05 bits per heavy atom. The molecule has 0 bridgehead atoms. The van der Waals surface area contributed by atoms with Gasteiger partial charge >= 0.3 is 0 Å². The van der Waals surface area contributed by atoms with Gasteiger partial charge in [-0.15, -0.1) is 0 Å². The van der Waals surface area contributed by atoms with E-state index >= 15 is 0 Å². The molecular formula is C17H16FNO2. The first-order chi connectivity index (χ1) is 10.1. The summed E-state index contributed by atoms with van der Waals surface area (Å²) in [5.41, 5.74) is 1.30. The van der Waals surface area contributed by atoms with Crippen molar-refractivity contribution in [3.8, 4) is 0 Å². The van der Waals surface area contributed by atoms with Crippen LogP contribution in [-0.2, 0) is 4.79 Å². The number of carbonyl (C=O) groups excluding carboxylic acids is 2. The van der Waals surface area contributed by atoms with E-state index in [1.54, 1.807) is 0 Å². The van der Waals surface area contributed by atoms with Crippen molar-refractivity contribution in [1.29, 1.82) is 0 Å². The van der Waals surface area contributed by atoms with Crippen molar-refractivity contribution in [1.82, 2.24) is 5.32 Å². The first kappa shape index (κ1) is 14.9. The topological polar surface area (TPSA) is 46.2 Å². The number of hydrogen-bond acceptors (Lipinski definition) is 2. The number of carbonyl (C=O) groups is 2. The zero-order valence-electron chi connectivity index (χ0n) is 11.7. The van der Waals surface area contributed by atoms with Crippen LogP contribution < -0.4 is 5.32 Å². The smallest absolute Gasteiger partial charge is 0.228 e. The van der Waals surface area contributed by atoms with Gasteiger partial charge in [-0.3, -0.25) is 9.59 Å². The van der Waals surface area contributed by atoms with E-state index in [9.17, 15) is 14.0 Å². The Labute approximate surface area is 122 Å². The van der Waals surface area contributed by atoms with Gasteiger partial charge in [0, 0.05) is 5.56 Å². The molecule has 0 aliphatic rings. The third-order valence-corrected chi connectivity index (χ3v) is 3.16. The number of hydrogen-bond donors (Lipinski definition) is 1. The Balaban J connectivity index is 1.92. The summed E-state index contributed by atoms with van der Waals surface area (Å²) in [6, 6.07) is 14.5. The number of nitrogens with one attached hydrogen (secondary N) is 1. The molecule has 1 N–H and O–H groups in total. The molecule has 2 aromatic rings. The Morgan fingerprint density at radius 2 is 1.67 bits per heavy atom. The van der Waals surface area contributed by atoms with E-state index in [2.05, 4.69) is 5.32 Å². The van der Waals surface area contributed by atoms with Crippen LogP contribution in [0.4, 0.5) is 4.39 Å². The molecule has 0 saturated carbocycles. The number of Topliss-reactive ketones (excluding diaryl/α,β-unsaturated/α-hetero) is 1. The van der Waals surface area contributed by atoms with E-state index in [-0.39, 0.29) is 24.2 Å². The molecule has 0 radical (unpaired) electrons. The lowest BCUT2D eigenvalue weighted by molar-refractivity contribution is -0.120. The summed E-state index contributed by atoms with van der Waals surface area (Å²) in [5.74, 6) is -1.08. The summed E-state index contributed by atoms with van der Waals surface area (Å²) in [6.45, 7) is 1.86. The molecule has 0 heterocycles. The van der Waals surface area contributed by atoms with Gasteiger partial charge < -0.3 is 5.32 Å². The molecule has 0 fully saturated rings. The summed E-state index contributed by atoms with van der Waals surface area (Å²) in [4.78, 5) is 23.8. The lowest BCUT2D eigenvalue weighted by atomic mass is 10.1. The van der Waals surface area contributed by atoms with Crippen molar-refractivity contribution in [2.75, 3.05) is 0 Å². The fourth-order valence-corrected chi connectivity index (χ4v) is 2.00. The van der Waals surface area contributed by atoms with Crippen molar-refractivity contribution in [2.45, 2.75) is 19.4 Å². The molecule has 21 heavy (non-hydrogen) atoms. The minimum Gasteiger partial charge on any atom is -0.349 e. The van der Waals surface area contributed by atoms with Crippen LogP contribution in [0.1, 0.15) is 35.3 Å². The summed E-state index contributed by atoms with van der Waals surface area (Å²) >= 11 is 0. The zero-order valence-corrected chi connectivity index (χ0v) is 11.7. The fraction of sp³-hybridized carbons (Fsp3) is 0.176. The number of halogens is 1. The average Bonchev–Trinajstić information content (AvgIpc) is 2.48. The standard InChI is InChI=1S/C17H16FNO2/c1-12(13-5-3-2-4-6-13)19-17(21)11-16(20)14-7-9-15(18)10-8-14/h2-10,12H,11H2,1H3,(H,19,21)/t12-/m1/s1. The first-order valence-corrected chi connectivity index (χ1v) is 6.69. The average molecular weight is 285 g/mol. The van der Waals surface area contributed by atoms with E-state index in [4.69, 9.17) is 0 Å². The minimum atomic E-state index is -0.409. The highest BCUT2D eigenvalue weighted by Gasteiger charge is 2.14. The van der Waals surface area contributed by atoms with Gasteiger partial charge in [0.1, 0.15) is 5.82 Å². The van der Waals surface area contributed by atoms with Gasteiger partial charge in [-0.1, -0.05) is 30.3 Å². The molecule has 4 heteroatoms. The third-order valence-electron chi connectivity index (χ3n) is 3.16. The van der Waals surface area contributed by atoms with Crippen LogP contribution in [0.25, 0.3) is 0 Å². The summed E-state index contributed by atoms with van der Waals surface area (Å²) in [5, 5.41) is 2.77. The maximum atomic E-state index is 12.8. The van der Waals surface area contributed by atoms with Crippen LogP contribution in [0.2, 0.25) is 0 Å². The van der Waals surface area contributed by atoms with Crippen molar-refractivity contribution in [3.05, 3.63) is 71.5 Å². The zero-order chi connectivity index (χ0) is 15.2. The molecule has 108 valence electrons. The van der Waals surface area contributed by atoms with Gasteiger partial charge in [0.15, 0.2) is 5.78 Å². The SMILES string of the molecule is C[C@@H](NC(=O)CC(=O)c1ccc(F)cc1)c1ccccc1. The van der Waals surface area contributed by atoms with Crippen LogP contribution in [0.5, 0.6) is 0 Å². The number of amides is 1. The second-order valence-electron chi connectivity index (χ2n) is 4.81. The molecule has 0 saturated heterocycles. The second-order valence-corrected chi connectivity index (χ2v) is 4.81. The summed E-state index contributed by atoms with van der Waals surface area (Å²) in [6.07, 6.45) is -0.247. The van der Waals surface area contributed by atoms with Gasteiger partial charge in [-0.2, -0.15) is 0 Å². The predicted octanol–water partition coefficient (Wildman–Crippen LogP) is 3.28. The van der Waals surface area contributed by atoms with Crippen molar-refractivity contribution in [3.63, 3.8) is 0 Å². The molecule has 0 aliphatic carbocycles. The molecule has 2 aromatic carbocycles. The molecule has 0 unspecified atom stereocenters. The highest BCUT2D eigenvalue weighted by Crippen LogP contribution is 2.12. The van der Waals surface area contributed by atoms with Gasteiger partial charge in [0.2, 0.25) is 5.91 Å². The van der Waals surface area contributed by atoms with Crippen LogP contribution >= 0.6 is 0 Å². The van der Waals surface area contributed by atoms with Crippen molar-refractivity contribution in [2.24, 2.45) is 0 Å². The monoisotopic (exact) mass is 285 g/mol. The molecule has 2 rings (SSSR count). The molecule has 1 amide bonds. The van der Waals surface area contributed by atoms with Gasteiger partial charge in [0.05, 0.1) is 12.5 Å². The Kier molecular flexibility index (Phi) is 4.82. The molecule has 1 atom stereocenters. The highest BCUT2D eigenvalue weighted by molar-refractivity contribution is 6.07. The fourth-order valence-electron chi connectivity index (χ4n) is 2.00. The lowest BCUT2D eigenvalue weighted by Gasteiger charge is -2.13. The largest absolute Gasteiger partial charge is 0.349 e. The van der Waals surface area contributed by atoms with E-state index in [1.165, 1.54) is 24.3 Å². The van der Waals surface area contributed by atoms with E-state index in [0.29, 0.717) is 5.56 Å². The first-order valence-electron chi connectivity index (χ1n) is 6.69. The predicted molar refractivity (Wildman–Crippen MR) is 78.3 cm³/mol. The van der Waals surface area contributed by atoms with Crippen LogP contribution in [0, 0.1) is 5.82 Å². The molecule has 0 spiro atoms. The summed E-state index contributed by atoms with van der Waals surface area (Å²) in [7, 11) is 0. The van der Waals surface area contributed by atoms with Gasteiger partial charge in [-0.25, -0.2) is 4.39 Å². The Hall–Kier alpha value is -2.49. The molecule has 3 nitrogen and oxygen atoms in total. The van der Waals surface area contributed by atoms with Crippen molar-refractivity contribution >= 4 is 11.7 Å². The van der Waals surface area contributed by atoms with Gasteiger partial charge in [0.25, 0.3) is 0 Å². The van der Waals surface area contributed by atoms with Crippen molar-refractivity contribution < 1.29 is 14.0 Å². The second kappa shape index (κ2) is 6.79. The third kappa shape index (κ3) is 4.24. The normalized spacial score (nSPS) is 11.7. The number of benzene rings is 2. The molecule has 0 aliphatic heterocycles. The van der Waals surface area contributed by atoms with Gasteiger partial charge in [-0.05, 0) is 36.8 Å². The Bertz CT molecular complexity index is 623. The van der Waals surface area contributed by atoms with Crippen LogP contribution in [-0.4, -0.2) is 11.7 Å². The Morgan fingerprint density at radius 3 is 2.29 bits per heavy atom. The quantitative estimate of drug-likeness (QED) is 0.677. The highest BCUT2D eigenvalue weighted by atomic mass is 19.1. The maximum Gasteiger partial charge on any atom is 0.228 e. The number of ketones is 1. The van der Waals surface area contributed by atoms with E-state index in [1.807, 2.05) is 37.3 Å². The lowest BCUT2D eigenvalue weighted by Crippen LogP contribution is -2.28. The molecule has 0 aromatic heterocycles. The minimum absolute atomic E-state index is 0.167. The van der Waals surface area contributed by atoms with Crippen LogP contribution in [0.15, 0.2) is 54.6 Å². The molecular weight excluding hydrogens is 269 g/mol. The maximum absolute atomic E-state index is 12.8. The van der Waals surface area contributed by atoms with Crippen LogP contribution in [0.3, 0.4) is 0 Å². The number of rotatable bonds is 5. The van der Waals surface area contributed by atoms with E-state index < -0.39 is 5.82 Å².